The molecule has 0 spiro atoms. The highest BCUT2D eigenvalue weighted by atomic mass is 16.5. The Hall–Kier alpha value is -2.08. The molecule has 138 valence electrons. The molecule has 3 N–H and O–H groups in total. The van der Waals surface area contributed by atoms with Crippen LogP contribution in [-0.4, -0.2) is 42.8 Å². The Balaban J connectivity index is 1.85. The molecule has 6 heteroatoms. The van der Waals surface area contributed by atoms with Crippen LogP contribution in [0.4, 0.5) is 5.69 Å². The summed E-state index contributed by atoms with van der Waals surface area (Å²) in [6.45, 7) is 2.53. The average Bonchev–Trinajstić information content (AvgIpc) is 2.65. The molecule has 6 nitrogen and oxygen atoms in total. The summed E-state index contributed by atoms with van der Waals surface area (Å²) in [5, 5.41) is 14.8. The van der Waals surface area contributed by atoms with Crippen LogP contribution in [-0.2, 0) is 9.53 Å². The van der Waals surface area contributed by atoms with Crippen LogP contribution in [0, 0.1) is 5.92 Å². The fourth-order valence-electron chi connectivity index (χ4n) is 3.06. The highest BCUT2D eigenvalue weighted by Crippen LogP contribution is 2.22. The zero-order valence-corrected chi connectivity index (χ0v) is 14.8. The number of ether oxygens (including phenoxy) is 1. The molecule has 1 amide bonds. The topological polar surface area (TPSA) is 87.7 Å². The number of amides is 1. The minimum atomic E-state index is -0.845. The van der Waals surface area contributed by atoms with Crippen molar-refractivity contribution in [2.45, 2.75) is 45.1 Å². The Kier molecular flexibility index (Phi) is 7.73. The molecule has 1 aliphatic carbocycles. The van der Waals surface area contributed by atoms with E-state index in [-0.39, 0.29) is 12.5 Å². The second kappa shape index (κ2) is 10.0. The van der Waals surface area contributed by atoms with Crippen LogP contribution >= 0.6 is 0 Å². The van der Waals surface area contributed by atoms with E-state index in [0.717, 1.165) is 12.8 Å². The molecule has 1 fully saturated rings. The summed E-state index contributed by atoms with van der Waals surface area (Å²) in [4.78, 5) is 24.5. The molecule has 0 saturated heterocycles. The standard InChI is InChI=1S/C19H28N2O4/c1-14(18(23)21-13-15-7-3-2-4-8-15)25-19(24)16-9-5-6-10-17(16)20-11-12-22/h5-6,9-10,14-15,20,22H,2-4,7-8,11-13H2,1H3,(H,21,23)/t14-/m0/s1. The van der Waals surface area contributed by atoms with E-state index in [4.69, 9.17) is 9.84 Å². The molecular formula is C19H28N2O4. The third-order valence-electron chi connectivity index (χ3n) is 4.52. The molecule has 1 atom stereocenters. The predicted octanol–water partition coefficient (Wildman–Crippen LogP) is 2.33. The first-order valence-corrected chi connectivity index (χ1v) is 9.04. The van der Waals surface area contributed by atoms with Crippen molar-refractivity contribution < 1.29 is 19.4 Å². The lowest BCUT2D eigenvalue weighted by Gasteiger charge is -2.22. The van der Waals surface area contributed by atoms with Crippen molar-refractivity contribution in [1.29, 1.82) is 0 Å². The van der Waals surface area contributed by atoms with E-state index in [1.54, 1.807) is 31.2 Å². The van der Waals surface area contributed by atoms with Crippen LogP contribution in [0.1, 0.15) is 49.4 Å². The number of para-hydroxylation sites is 1. The molecule has 0 unspecified atom stereocenters. The van der Waals surface area contributed by atoms with Gasteiger partial charge in [-0.1, -0.05) is 31.4 Å². The van der Waals surface area contributed by atoms with Crippen molar-refractivity contribution in [3.05, 3.63) is 29.8 Å². The predicted molar refractivity (Wildman–Crippen MR) is 96.5 cm³/mol. The second-order valence-electron chi connectivity index (χ2n) is 6.49. The molecule has 1 saturated carbocycles. The van der Waals surface area contributed by atoms with Gasteiger partial charge in [0.05, 0.1) is 12.2 Å². The summed E-state index contributed by atoms with van der Waals surface area (Å²) in [5.74, 6) is -0.287. The van der Waals surface area contributed by atoms with Crippen molar-refractivity contribution in [1.82, 2.24) is 5.32 Å². The minimum absolute atomic E-state index is 0.0383. The highest BCUT2D eigenvalue weighted by molar-refractivity contribution is 5.97. The number of anilines is 1. The van der Waals surface area contributed by atoms with Gasteiger partial charge in [0, 0.05) is 18.8 Å². The summed E-state index contributed by atoms with van der Waals surface area (Å²) in [6, 6.07) is 6.89. The number of rotatable bonds is 8. The van der Waals surface area contributed by atoms with Crippen LogP contribution in [0.25, 0.3) is 0 Å². The zero-order valence-electron chi connectivity index (χ0n) is 14.8. The highest BCUT2D eigenvalue weighted by Gasteiger charge is 2.22. The number of esters is 1. The van der Waals surface area contributed by atoms with Crippen LogP contribution in [0.5, 0.6) is 0 Å². The monoisotopic (exact) mass is 348 g/mol. The summed E-state index contributed by atoms with van der Waals surface area (Å²) in [5.41, 5.74) is 0.930. The van der Waals surface area contributed by atoms with Crippen LogP contribution in [0.15, 0.2) is 24.3 Å². The van der Waals surface area contributed by atoms with E-state index >= 15 is 0 Å². The number of nitrogens with one attached hydrogen (secondary N) is 2. The third kappa shape index (κ3) is 6.05. The summed E-state index contributed by atoms with van der Waals surface area (Å²) in [7, 11) is 0. The normalized spacial score (nSPS) is 16.1. The number of carbonyl (C=O) groups is 2. The fraction of sp³-hybridized carbons (Fsp3) is 0.579. The van der Waals surface area contributed by atoms with E-state index in [0.29, 0.717) is 30.3 Å². The number of aliphatic hydroxyl groups is 1. The van der Waals surface area contributed by atoms with Crippen LogP contribution in [0.2, 0.25) is 0 Å². The van der Waals surface area contributed by atoms with E-state index < -0.39 is 12.1 Å². The van der Waals surface area contributed by atoms with Gasteiger partial charge in [0.2, 0.25) is 0 Å². The van der Waals surface area contributed by atoms with Gasteiger partial charge in [-0.25, -0.2) is 4.79 Å². The summed E-state index contributed by atoms with van der Waals surface area (Å²) in [6.07, 6.45) is 5.19. The van der Waals surface area contributed by atoms with Crippen molar-refractivity contribution in [3.8, 4) is 0 Å². The molecule has 1 aromatic carbocycles. The number of hydrogen-bond donors (Lipinski definition) is 3. The molecule has 25 heavy (non-hydrogen) atoms. The number of benzene rings is 1. The zero-order chi connectivity index (χ0) is 18.1. The first-order valence-electron chi connectivity index (χ1n) is 9.04. The summed E-state index contributed by atoms with van der Waals surface area (Å²) < 4.78 is 5.31. The lowest BCUT2D eigenvalue weighted by molar-refractivity contribution is -0.129. The van der Waals surface area contributed by atoms with Gasteiger partial charge in [0.15, 0.2) is 6.10 Å². The lowest BCUT2D eigenvalue weighted by Crippen LogP contribution is -2.38. The molecule has 1 aromatic rings. The second-order valence-corrected chi connectivity index (χ2v) is 6.49. The van der Waals surface area contributed by atoms with Gasteiger partial charge in [-0.2, -0.15) is 0 Å². The number of carbonyl (C=O) groups excluding carboxylic acids is 2. The fourth-order valence-corrected chi connectivity index (χ4v) is 3.06. The van der Waals surface area contributed by atoms with Crippen LogP contribution < -0.4 is 10.6 Å². The molecule has 0 bridgehead atoms. The van der Waals surface area contributed by atoms with E-state index in [9.17, 15) is 9.59 Å². The first-order chi connectivity index (χ1) is 12.1. The Bertz CT molecular complexity index is 570. The van der Waals surface area contributed by atoms with E-state index in [1.165, 1.54) is 19.3 Å². The molecule has 1 aliphatic rings. The average molecular weight is 348 g/mol. The molecule has 0 aliphatic heterocycles. The molecular weight excluding hydrogens is 320 g/mol. The van der Waals surface area contributed by atoms with Gasteiger partial charge in [0.25, 0.3) is 5.91 Å². The first kappa shape index (κ1) is 19.2. The summed E-state index contributed by atoms with van der Waals surface area (Å²) >= 11 is 0. The van der Waals surface area contributed by atoms with Gasteiger partial charge in [-0.15, -0.1) is 0 Å². The van der Waals surface area contributed by atoms with Crippen molar-refractivity contribution >= 4 is 17.6 Å². The Morgan fingerprint density at radius 3 is 2.68 bits per heavy atom. The van der Waals surface area contributed by atoms with Gasteiger partial charge >= 0.3 is 5.97 Å². The maximum atomic E-state index is 12.3. The number of aliphatic hydroxyl groups excluding tert-OH is 1. The number of hydrogen-bond acceptors (Lipinski definition) is 5. The SMILES string of the molecule is C[C@H](OC(=O)c1ccccc1NCCO)C(=O)NCC1CCCCC1. The maximum Gasteiger partial charge on any atom is 0.341 e. The van der Waals surface area contributed by atoms with Crippen molar-refractivity contribution in [2.24, 2.45) is 5.92 Å². The van der Waals surface area contributed by atoms with Crippen molar-refractivity contribution in [2.75, 3.05) is 25.0 Å². The molecule has 0 aromatic heterocycles. The largest absolute Gasteiger partial charge is 0.449 e. The van der Waals surface area contributed by atoms with Gasteiger partial charge < -0.3 is 20.5 Å². The molecule has 2 rings (SSSR count). The van der Waals surface area contributed by atoms with E-state index in [1.807, 2.05) is 0 Å². The Morgan fingerprint density at radius 1 is 1.24 bits per heavy atom. The van der Waals surface area contributed by atoms with Gasteiger partial charge in [-0.05, 0) is 37.8 Å². The minimum Gasteiger partial charge on any atom is -0.449 e. The van der Waals surface area contributed by atoms with Gasteiger partial charge in [0.1, 0.15) is 0 Å². The quantitative estimate of drug-likeness (QED) is 0.628. The van der Waals surface area contributed by atoms with Gasteiger partial charge in [-0.3, -0.25) is 4.79 Å². The molecule has 0 heterocycles. The molecule has 0 radical (unpaired) electrons. The van der Waals surface area contributed by atoms with E-state index in [2.05, 4.69) is 10.6 Å². The smallest absolute Gasteiger partial charge is 0.341 e. The Morgan fingerprint density at radius 2 is 1.96 bits per heavy atom. The van der Waals surface area contributed by atoms with Crippen LogP contribution in [0.3, 0.4) is 0 Å². The third-order valence-corrected chi connectivity index (χ3v) is 4.52. The Labute approximate surface area is 149 Å². The lowest BCUT2D eigenvalue weighted by atomic mass is 9.89. The maximum absolute atomic E-state index is 12.3. The van der Waals surface area contributed by atoms with Crippen molar-refractivity contribution in [3.63, 3.8) is 0 Å².